The molecule has 1 aromatic heterocycles. The zero-order valence-corrected chi connectivity index (χ0v) is 17.9. The summed E-state index contributed by atoms with van der Waals surface area (Å²) in [5.41, 5.74) is 2.62. The Morgan fingerprint density at radius 3 is 2.80 bits per heavy atom. The molecule has 0 fully saturated rings. The number of carbonyl (C=O) groups excluding carboxylic acids is 1. The van der Waals surface area contributed by atoms with Crippen molar-refractivity contribution >= 4 is 33.2 Å². The number of nitrogens with zero attached hydrogens (tertiary/aromatic N) is 3. The van der Waals surface area contributed by atoms with Crippen molar-refractivity contribution in [3.05, 3.63) is 76.6 Å². The van der Waals surface area contributed by atoms with Gasteiger partial charge in [0.25, 0.3) is 15.9 Å². The van der Waals surface area contributed by atoms with Crippen LogP contribution in [-0.2, 0) is 30.0 Å². The van der Waals surface area contributed by atoms with Crippen molar-refractivity contribution < 1.29 is 13.2 Å². The van der Waals surface area contributed by atoms with E-state index < -0.39 is 15.9 Å². The number of sulfonamides is 1. The third-order valence-electron chi connectivity index (χ3n) is 5.05. The zero-order chi connectivity index (χ0) is 21.3. The Morgan fingerprint density at radius 2 is 2.03 bits per heavy atom. The van der Waals surface area contributed by atoms with E-state index in [2.05, 4.69) is 10.4 Å². The van der Waals surface area contributed by atoms with E-state index in [1.54, 1.807) is 24.1 Å². The minimum Gasteiger partial charge on any atom is -0.348 e. The number of anilines is 1. The molecule has 4 rings (SSSR count). The zero-order valence-electron chi connectivity index (χ0n) is 16.4. The van der Waals surface area contributed by atoms with Crippen molar-refractivity contribution in [2.45, 2.75) is 24.3 Å². The maximum absolute atomic E-state index is 13.4. The third kappa shape index (κ3) is 3.93. The van der Waals surface area contributed by atoms with E-state index in [1.165, 1.54) is 22.5 Å². The normalized spacial score (nSPS) is 13.7. The number of carbonyl (C=O) groups is 1. The fourth-order valence-electron chi connectivity index (χ4n) is 3.56. The van der Waals surface area contributed by atoms with Gasteiger partial charge in [-0.15, -0.1) is 0 Å². The lowest BCUT2D eigenvalue weighted by Gasteiger charge is -2.30. The number of amides is 1. The van der Waals surface area contributed by atoms with Gasteiger partial charge in [-0.25, -0.2) is 8.42 Å². The molecule has 0 aliphatic carbocycles. The molecule has 1 aliphatic heterocycles. The van der Waals surface area contributed by atoms with Gasteiger partial charge >= 0.3 is 0 Å². The van der Waals surface area contributed by atoms with Crippen molar-refractivity contribution in [1.82, 2.24) is 15.1 Å². The second-order valence-corrected chi connectivity index (χ2v) is 9.43. The van der Waals surface area contributed by atoms with Crippen LogP contribution < -0.4 is 9.62 Å². The lowest BCUT2D eigenvalue weighted by Crippen LogP contribution is -2.35. The van der Waals surface area contributed by atoms with Gasteiger partial charge in [-0.1, -0.05) is 29.8 Å². The molecular formula is C21H21ClN4O3S. The maximum atomic E-state index is 13.4. The molecule has 7 nitrogen and oxygen atoms in total. The molecule has 0 spiro atoms. The summed E-state index contributed by atoms with van der Waals surface area (Å²) in [6.45, 7) is 0.657. The Kier molecular flexibility index (Phi) is 5.53. The van der Waals surface area contributed by atoms with E-state index in [-0.39, 0.29) is 22.0 Å². The molecule has 0 atom stereocenters. The van der Waals surface area contributed by atoms with Gasteiger partial charge in [0.15, 0.2) is 0 Å². The summed E-state index contributed by atoms with van der Waals surface area (Å²) in [6.07, 6.45) is 5.01. The average Bonchev–Trinajstić information content (AvgIpc) is 3.17. The highest BCUT2D eigenvalue weighted by molar-refractivity contribution is 7.92. The molecule has 2 heterocycles. The minimum atomic E-state index is -3.83. The van der Waals surface area contributed by atoms with E-state index >= 15 is 0 Å². The van der Waals surface area contributed by atoms with Gasteiger partial charge in [-0.3, -0.25) is 13.8 Å². The molecule has 3 aromatic rings. The van der Waals surface area contributed by atoms with Crippen molar-refractivity contribution in [1.29, 1.82) is 0 Å². The first-order valence-corrected chi connectivity index (χ1v) is 11.3. The lowest BCUT2D eigenvalue weighted by molar-refractivity contribution is 0.0951. The summed E-state index contributed by atoms with van der Waals surface area (Å²) >= 11 is 6.21. The summed E-state index contributed by atoms with van der Waals surface area (Å²) in [7, 11) is -2.04. The summed E-state index contributed by atoms with van der Waals surface area (Å²) in [6, 6.07) is 11.7. The quantitative estimate of drug-likeness (QED) is 0.655. The lowest BCUT2D eigenvalue weighted by atomic mass is 10.0. The number of aromatic nitrogens is 2. The Hall–Kier alpha value is -2.84. The van der Waals surface area contributed by atoms with E-state index in [4.69, 9.17) is 11.6 Å². The first-order valence-electron chi connectivity index (χ1n) is 9.52. The summed E-state index contributed by atoms with van der Waals surface area (Å²) in [5.74, 6) is -0.444. The highest BCUT2D eigenvalue weighted by atomic mass is 35.5. The van der Waals surface area contributed by atoms with Crippen LogP contribution in [-0.4, -0.2) is 30.7 Å². The van der Waals surface area contributed by atoms with Gasteiger partial charge in [0, 0.05) is 31.9 Å². The summed E-state index contributed by atoms with van der Waals surface area (Å²) in [4.78, 5) is 12.7. The fourth-order valence-corrected chi connectivity index (χ4v) is 5.33. The number of rotatable bonds is 5. The Bertz CT molecular complexity index is 1210. The van der Waals surface area contributed by atoms with Crippen LogP contribution in [0, 0.1) is 0 Å². The third-order valence-corrected chi connectivity index (χ3v) is 7.19. The van der Waals surface area contributed by atoms with E-state index in [1.807, 2.05) is 24.3 Å². The monoisotopic (exact) mass is 444 g/mol. The van der Waals surface area contributed by atoms with E-state index in [0.29, 0.717) is 12.2 Å². The second-order valence-electron chi connectivity index (χ2n) is 7.16. The molecular weight excluding hydrogens is 424 g/mol. The number of halogens is 1. The standard InChI is InChI=1S/C21H21ClN4O3S/c1-25-14-15(13-24-25)12-23-21(27)18-11-17(8-9-19(18)22)30(28,29)26-10-4-6-16-5-2-3-7-20(16)26/h2-3,5,7-9,11,13-14H,4,6,10,12H2,1H3,(H,23,27). The van der Waals surface area contributed by atoms with Crippen LogP contribution in [0.2, 0.25) is 5.02 Å². The van der Waals surface area contributed by atoms with Crippen LogP contribution in [0.15, 0.2) is 59.8 Å². The first-order chi connectivity index (χ1) is 14.4. The van der Waals surface area contributed by atoms with Crippen LogP contribution in [0.3, 0.4) is 0 Å². The van der Waals surface area contributed by atoms with Gasteiger partial charge in [0.1, 0.15) is 0 Å². The molecule has 0 saturated heterocycles. The first kappa shape index (κ1) is 20.4. The summed E-state index contributed by atoms with van der Waals surface area (Å²) in [5, 5.41) is 7.01. The van der Waals surface area contributed by atoms with E-state index in [9.17, 15) is 13.2 Å². The summed E-state index contributed by atoms with van der Waals surface area (Å²) < 4.78 is 29.8. The average molecular weight is 445 g/mol. The largest absolute Gasteiger partial charge is 0.348 e. The van der Waals surface area contributed by atoms with Gasteiger partial charge in [0.05, 0.1) is 27.4 Å². The maximum Gasteiger partial charge on any atom is 0.264 e. The van der Waals surface area contributed by atoms with Crippen LogP contribution in [0.25, 0.3) is 0 Å². The minimum absolute atomic E-state index is 0.0372. The molecule has 1 aliphatic rings. The molecule has 30 heavy (non-hydrogen) atoms. The van der Waals surface area contributed by atoms with Crippen LogP contribution in [0.4, 0.5) is 5.69 Å². The smallest absolute Gasteiger partial charge is 0.264 e. The molecule has 9 heteroatoms. The Balaban J connectivity index is 1.62. The fraction of sp³-hybridized carbons (Fsp3) is 0.238. The highest BCUT2D eigenvalue weighted by Crippen LogP contribution is 2.32. The van der Waals surface area contributed by atoms with Crippen LogP contribution >= 0.6 is 11.6 Å². The van der Waals surface area contributed by atoms with Crippen LogP contribution in [0.1, 0.15) is 27.9 Å². The van der Waals surface area contributed by atoms with Gasteiger partial charge in [0.2, 0.25) is 0 Å². The molecule has 0 saturated carbocycles. The number of fused-ring (bicyclic) bond motifs is 1. The van der Waals surface area contributed by atoms with Crippen LogP contribution in [0.5, 0.6) is 0 Å². The number of nitrogens with one attached hydrogen (secondary N) is 1. The van der Waals surface area contributed by atoms with Gasteiger partial charge in [-0.05, 0) is 42.7 Å². The topological polar surface area (TPSA) is 84.3 Å². The number of hydrogen-bond acceptors (Lipinski definition) is 4. The molecule has 1 amide bonds. The predicted octanol–water partition coefficient (Wildman–Crippen LogP) is 3.15. The van der Waals surface area contributed by atoms with Crippen molar-refractivity contribution in [3.8, 4) is 0 Å². The highest BCUT2D eigenvalue weighted by Gasteiger charge is 2.29. The number of hydrogen-bond donors (Lipinski definition) is 1. The molecule has 0 bridgehead atoms. The van der Waals surface area contributed by atoms with Crippen molar-refractivity contribution in [2.24, 2.45) is 7.05 Å². The number of benzene rings is 2. The molecule has 0 radical (unpaired) electrons. The van der Waals surface area contributed by atoms with Crippen molar-refractivity contribution in [2.75, 3.05) is 10.8 Å². The molecule has 1 N–H and O–H groups in total. The number of aryl methyl sites for hydroxylation is 2. The predicted molar refractivity (Wildman–Crippen MR) is 115 cm³/mol. The molecule has 0 unspecified atom stereocenters. The van der Waals surface area contributed by atoms with E-state index in [0.717, 1.165) is 24.0 Å². The molecule has 2 aromatic carbocycles. The molecule has 156 valence electrons. The second kappa shape index (κ2) is 8.12. The van der Waals surface area contributed by atoms with Gasteiger partial charge < -0.3 is 5.32 Å². The Morgan fingerprint density at radius 1 is 1.23 bits per heavy atom. The Labute approximate surface area is 180 Å². The van der Waals surface area contributed by atoms with Crippen molar-refractivity contribution in [3.63, 3.8) is 0 Å². The van der Waals surface area contributed by atoms with Gasteiger partial charge in [-0.2, -0.15) is 5.10 Å². The number of para-hydroxylation sites is 1. The SMILES string of the molecule is Cn1cc(CNC(=O)c2cc(S(=O)(=O)N3CCCc4ccccc43)ccc2Cl)cn1.